The Balaban J connectivity index is 2.36. The molecule has 1 fully saturated rings. The van der Waals surface area contributed by atoms with Crippen LogP contribution < -0.4 is 16.0 Å². The Morgan fingerprint density at radius 2 is 2.29 bits per heavy atom. The maximum Gasteiger partial charge on any atom is 0.322 e. The minimum absolute atomic E-state index is 0.191. The highest BCUT2D eigenvalue weighted by Gasteiger charge is 2.22. The van der Waals surface area contributed by atoms with Crippen LogP contribution in [-0.2, 0) is 0 Å². The molecule has 1 saturated heterocycles. The molecule has 0 spiro atoms. The van der Waals surface area contributed by atoms with E-state index < -0.39 is 5.82 Å². The van der Waals surface area contributed by atoms with E-state index in [-0.39, 0.29) is 11.7 Å². The molecule has 4 nitrogen and oxygen atoms in total. The van der Waals surface area contributed by atoms with Crippen LogP contribution in [0.4, 0.5) is 20.6 Å². The first-order valence-electron chi connectivity index (χ1n) is 4.29. The Morgan fingerprint density at radius 1 is 1.50 bits per heavy atom. The first-order valence-corrected chi connectivity index (χ1v) is 4.29. The van der Waals surface area contributed by atoms with E-state index in [2.05, 4.69) is 5.32 Å². The number of carbonyl (C=O) groups is 1. The van der Waals surface area contributed by atoms with Crippen molar-refractivity contribution in [3.05, 3.63) is 24.0 Å². The lowest BCUT2D eigenvalue weighted by atomic mass is 10.2. The van der Waals surface area contributed by atoms with Gasteiger partial charge in [-0.05, 0) is 18.2 Å². The van der Waals surface area contributed by atoms with Gasteiger partial charge < -0.3 is 11.1 Å². The lowest BCUT2D eigenvalue weighted by molar-refractivity contribution is 0.252. The van der Waals surface area contributed by atoms with Gasteiger partial charge in [0.15, 0.2) is 0 Å². The number of nitrogens with zero attached hydrogens (tertiary/aromatic N) is 1. The zero-order valence-corrected chi connectivity index (χ0v) is 7.46. The fourth-order valence-corrected chi connectivity index (χ4v) is 1.47. The van der Waals surface area contributed by atoms with E-state index in [9.17, 15) is 9.18 Å². The number of amides is 2. The molecule has 1 aliphatic rings. The van der Waals surface area contributed by atoms with Crippen LogP contribution in [0.25, 0.3) is 0 Å². The van der Waals surface area contributed by atoms with Crippen molar-refractivity contribution in [2.45, 2.75) is 0 Å². The number of hydrogen-bond acceptors (Lipinski definition) is 2. The molecule has 0 aromatic heterocycles. The predicted molar refractivity (Wildman–Crippen MR) is 51.6 cm³/mol. The SMILES string of the molecule is Nc1cc(F)ccc1N1CCNC1=O. The highest BCUT2D eigenvalue weighted by Crippen LogP contribution is 2.24. The van der Waals surface area contributed by atoms with Crippen molar-refractivity contribution < 1.29 is 9.18 Å². The van der Waals surface area contributed by atoms with Crippen LogP contribution in [0.5, 0.6) is 0 Å². The lowest BCUT2D eigenvalue weighted by Crippen LogP contribution is -2.28. The van der Waals surface area contributed by atoms with Gasteiger partial charge in [-0.25, -0.2) is 9.18 Å². The third-order valence-corrected chi connectivity index (χ3v) is 2.14. The number of anilines is 2. The van der Waals surface area contributed by atoms with Crippen LogP contribution in [-0.4, -0.2) is 19.1 Å². The maximum absolute atomic E-state index is 12.7. The van der Waals surface area contributed by atoms with Gasteiger partial charge in [-0.1, -0.05) is 0 Å². The summed E-state index contributed by atoms with van der Waals surface area (Å²) in [5, 5.41) is 2.65. The molecule has 0 saturated carbocycles. The topological polar surface area (TPSA) is 58.4 Å². The Bertz CT molecular complexity index is 380. The maximum atomic E-state index is 12.7. The molecule has 0 bridgehead atoms. The smallest absolute Gasteiger partial charge is 0.322 e. The van der Waals surface area contributed by atoms with Crippen molar-refractivity contribution in [1.82, 2.24) is 5.32 Å². The second-order valence-corrected chi connectivity index (χ2v) is 3.09. The molecule has 1 aromatic rings. The lowest BCUT2D eigenvalue weighted by Gasteiger charge is -2.16. The number of urea groups is 1. The molecular weight excluding hydrogens is 185 g/mol. The number of benzene rings is 1. The molecule has 74 valence electrons. The average Bonchev–Trinajstić information content (AvgIpc) is 2.52. The van der Waals surface area contributed by atoms with E-state index in [1.807, 2.05) is 0 Å². The second kappa shape index (κ2) is 3.17. The fraction of sp³-hybridized carbons (Fsp3) is 0.222. The molecule has 0 radical (unpaired) electrons. The van der Waals surface area contributed by atoms with E-state index in [4.69, 9.17) is 5.73 Å². The van der Waals surface area contributed by atoms with Crippen LogP contribution in [0.15, 0.2) is 18.2 Å². The minimum Gasteiger partial charge on any atom is -0.397 e. The van der Waals surface area contributed by atoms with Crippen LogP contribution in [0.3, 0.4) is 0 Å². The molecular formula is C9H10FN3O. The Labute approximate surface area is 80.5 Å². The van der Waals surface area contributed by atoms with E-state index in [0.29, 0.717) is 18.8 Å². The second-order valence-electron chi connectivity index (χ2n) is 3.09. The van der Waals surface area contributed by atoms with Crippen molar-refractivity contribution in [2.75, 3.05) is 23.7 Å². The Hall–Kier alpha value is -1.78. The monoisotopic (exact) mass is 195 g/mol. The van der Waals surface area contributed by atoms with Crippen LogP contribution >= 0.6 is 0 Å². The summed E-state index contributed by atoms with van der Waals surface area (Å²) in [5.41, 5.74) is 6.44. The molecule has 0 atom stereocenters. The van der Waals surface area contributed by atoms with Gasteiger partial charge in [0.2, 0.25) is 0 Å². The molecule has 0 unspecified atom stereocenters. The van der Waals surface area contributed by atoms with Gasteiger partial charge >= 0.3 is 6.03 Å². The van der Waals surface area contributed by atoms with Crippen molar-refractivity contribution in [2.24, 2.45) is 0 Å². The van der Waals surface area contributed by atoms with Gasteiger partial charge in [0.25, 0.3) is 0 Å². The van der Waals surface area contributed by atoms with Crippen molar-refractivity contribution >= 4 is 17.4 Å². The zero-order valence-electron chi connectivity index (χ0n) is 7.46. The van der Waals surface area contributed by atoms with Gasteiger partial charge in [0, 0.05) is 13.1 Å². The summed E-state index contributed by atoms with van der Waals surface area (Å²) in [6.45, 7) is 1.16. The summed E-state index contributed by atoms with van der Waals surface area (Å²) in [6.07, 6.45) is 0. The fourth-order valence-electron chi connectivity index (χ4n) is 1.47. The average molecular weight is 195 g/mol. The number of rotatable bonds is 1. The summed E-state index contributed by atoms with van der Waals surface area (Å²) in [6, 6.07) is 3.82. The highest BCUT2D eigenvalue weighted by molar-refractivity contribution is 5.96. The highest BCUT2D eigenvalue weighted by atomic mass is 19.1. The number of carbonyl (C=O) groups excluding carboxylic acids is 1. The first-order chi connectivity index (χ1) is 6.68. The number of nitrogen functional groups attached to an aromatic ring is 1. The van der Waals surface area contributed by atoms with Gasteiger partial charge in [-0.3, -0.25) is 4.90 Å². The van der Waals surface area contributed by atoms with Crippen LogP contribution in [0.1, 0.15) is 0 Å². The Kier molecular flexibility index (Phi) is 1.99. The molecule has 2 amide bonds. The molecule has 14 heavy (non-hydrogen) atoms. The summed E-state index contributed by atoms with van der Waals surface area (Å²) in [4.78, 5) is 12.8. The van der Waals surface area contributed by atoms with Gasteiger partial charge in [0.1, 0.15) is 5.82 Å². The molecule has 3 N–H and O–H groups in total. The molecule has 5 heteroatoms. The Morgan fingerprint density at radius 3 is 2.86 bits per heavy atom. The normalized spacial score (nSPS) is 15.8. The van der Waals surface area contributed by atoms with E-state index in [1.54, 1.807) is 0 Å². The van der Waals surface area contributed by atoms with Gasteiger partial charge in [-0.15, -0.1) is 0 Å². The zero-order chi connectivity index (χ0) is 10.1. The predicted octanol–water partition coefficient (Wildman–Crippen LogP) is 0.938. The quantitative estimate of drug-likeness (QED) is 0.655. The summed E-state index contributed by atoms with van der Waals surface area (Å²) in [5.74, 6) is -0.397. The van der Waals surface area contributed by atoms with E-state index in [0.717, 1.165) is 0 Å². The number of nitrogens with one attached hydrogen (secondary N) is 1. The van der Waals surface area contributed by atoms with E-state index in [1.165, 1.54) is 23.1 Å². The van der Waals surface area contributed by atoms with Gasteiger partial charge in [0.05, 0.1) is 11.4 Å². The molecule has 1 aromatic carbocycles. The van der Waals surface area contributed by atoms with E-state index >= 15 is 0 Å². The van der Waals surface area contributed by atoms with Gasteiger partial charge in [-0.2, -0.15) is 0 Å². The molecule has 2 rings (SSSR count). The summed E-state index contributed by atoms with van der Waals surface area (Å²) >= 11 is 0. The van der Waals surface area contributed by atoms with Crippen LogP contribution in [0, 0.1) is 5.82 Å². The van der Waals surface area contributed by atoms with Crippen molar-refractivity contribution in [3.63, 3.8) is 0 Å². The third kappa shape index (κ3) is 1.37. The minimum atomic E-state index is -0.397. The van der Waals surface area contributed by atoms with Crippen molar-refractivity contribution in [3.8, 4) is 0 Å². The standard InChI is InChI=1S/C9H10FN3O/c10-6-1-2-8(7(11)5-6)13-4-3-12-9(13)14/h1-2,5H,3-4,11H2,(H,12,14). The molecule has 0 aliphatic carbocycles. The molecule has 1 aliphatic heterocycles. The van der Waals surface area contributed by atoms with Crippen LogP contribution in [0.2, 0.25) is 0 Å². The number of halogens is 1. The largest absolute Gasteiger partial charge is 0.397 e. The number of nitrogens with two attached hydrogens (primary N) is 1. The van der Waals surface area contributed by atoms with Crippen molar-refractivity contribution in [1.29, 1.82) is 0 Å². The first kappa shape index (κ1) is 8.80. The number of hydrogen-bond donors (Lipinski definition) is 2. The third-order valence-electron chi connectivity index (χ3n) is 2.14. The molecule has 1 heterocycles. The summed E-state index contributed by atoms with van der Waals surface area (Å²) < 4.78 is 12.7. The summed E-state index contributed by atoms with van der Waals surface area (Å²) in [7, 11) is 0.